The molecule has 0 radical (unpaired) electrons. The van der Waals surface area contributed by atoms with Gasteiger partial charge in [-0.25, -0.2) is 0 Å². The zero-order chi connectivity index (χ0) is 16.8. The fourth-order valence-electron chi connectivity index (χ4n) is 2.02. The number of primary amides is 1. The molecule has 2 amide bonds. The first-order chi connectivity index (χ1) is 11.0. The third kappa shape index (κ3) is 4.86. The molecule has 0 bridgehead atoms. The van der Waals surface area contributed by atoms with Crippen LogP contribution in [0.15, 0.2) is 48.5 Å². The maximum Gasteiger partial charge on any atom is 0.248 e. The Hall–Kier alpha value is -2.27. The molecule has 3 N–H and O–H groups in total. The van der Waals surface area contributed by atoms with Crippen molar-refractivity contribution in [2.75, 3.05) is 5.32 Å². The highest BCUT2D eigenvalue weighted by molar-refractivity contribution is 7.99. The van der Waals surface area contributed by atoms with Crippen molar-refractivity contribution in [2.24, 2.45) is 5.73 Å². The van der Waals surface area contributed by atoms with Crippen LogP contribution in [0.2, 0.25) is 0 Å². The second-order valence-corrected chi connectivity index (χ2v) is 6.64. The van der Waals surface area contributed by atoms with Crippen molar-refractivity contribution in [3.63, 3.8) is 0 Å². The van der Waals surface area contributed by atoms with Gasteiger partial charge in [-0.15, -0.1) is 11.8 Å². The van der Waals surface area contributed by atoms with Gasteiger partial charge >= 0.3 is 0 Å². The Bertz CT molecular complexity index is 698. The second-order valence-electron chi connectivity index (χ2n) is 5.31. The summed E-state index contributed by atoms with van der Waals surface area (Å²) in [4.78, 5) is 23.2. The van der Waals surface area contributed by atoms with Gasteiger partial charge in [-0.2, -0.15) is 0 Å². The topological polar surface area (TPSA) is 72.2 Å². The number of amides is 2. The summed E-state index contributed by atoms with van der Waals surface area (Å²) in [6.07, 6.45) is 0. The molecular formula is C18H20N2O2S. The van der Waals surface area contributed by atoms with Crippen LogP contribution in [-0.2, 0) is 10.5 Å². The molecule has 0 aliphatic heterocycles. The molecular weight excluding hydrogens is 308 g/mol. The van der Waals surface area contributed by atoms with Gasteiger partial charge in [0.2, 0.25) is 11.8 Å². The number of carbonyl (C=O) groups excluding carboxylic acids is 2. The van der Waals surface area contributed by atoms with Crippen LogP contribution >= 0.6 is 11.8 Å². The number of thioether (sulfide) groups is 1. The van der Waals surface area contributed by atoms with Crippen LogP contribution in [0, 0.1) is 6.92 Å². The van der Waals surface area contributed by atoms with Crippen LogP contribution in [-0.4, -0.2) is 17.1 Å². The molecule has 0 saturated carbocycles. The van der Waals surface area contributed by atoms with E-state index in [0.717, 1.165) is 5.75 Å². The van der Waals surface area contributed by atoms with Gasteiger partial charge in [-0.05, 0) is 49.2 Å². The van der Waals surface area contributed by atoms with Crippen LogP contribution in [0.25, 0.3) is 0 Å². The zero-order valence-electron chi connectivity index (χ0n) is 13.2. The molecule has 0 spiro atoms. The largest absolute Gasteiger partial charge is 0.366 e. The van der Waals surface area contributed by atoms with E-state index in [-0.39, 0.29) is 11.2 Å². The zero-order valence-corrected chi connectivity index (χ0v) is 14.0. The minimum absolute atomic E-state index is 0.0598. The summed E-state index contributed by atoms with van der Waals surface area (Å²) < 4.78 is 0. The monoisotopic (exact) mass is 328 g/mol. The van der Waals surface area contributed by atoms with E-state index in [9.17, 15) is 9.59 Å². The molecule has 4 nitrogen and oxygen atoms in total. The number of nitrogens with two attached hydrogens (primary N) is 1. The van der Waals surface area contributed by atoms with Crippen molar-refractivity contribution in [1.29, 1.82) is 0 Å². The predicted octanol–water partition coefficient (Wildman–Crippen LogP) is 3.35. The molecule has 0 fully saturated rings. The number of carbonyl (C=O) groups is 2. The molecule has 120 valence electrons. The van der Waals surface area contributed by atoms with E-state index in [0.29, 0.717) is 11.3 Å². The Morgan fingerprint density at radius 1 is 1.13 bits per heavy atom. The van der Waals surface area contributed by atoms with Crippen molar-refractivity contribution < 1.29 is 9.59 Å². The molecule has 1 atom stereocenters. The summed E-state index contributed by atoms with van der Waals surface area (Å²) in [5.74, 6) is 0.252. The quantitative estimate of drug-likeness (QED) is 0.854. The first-order valence-corrected chi connectivity index (χ1v) is 8.39. The van der Waals surface area contributed by atoms with Crippen LogP contribution in [0.4, 0.5) is 5.69 Å². The van der Waals surface area contributed by atoms with Crippen LogP contribution < -0.4 is 11.1 Å². The predicted molar refractivity (Wildman–Crippen MR) is 95.5 cm³/mol. The van der Waals surface area contributed by atoms with Crippen LogP contribution in [0.3, 0.4) is 0 Å². The molecule has 0 aliphatic rings. The molecule has 0 aliphatic carbocycles. The smallest absolute Gasteiger partial charge is 0.248 e. The number of hydrogen-bond donors (Lipinski definition) is 2. The number of hydrogen-bond acceptors (Lipinski definition) is 3. The Labute approximate surface area is 140 Å². The third-order valence-electron chi connectivity index (χ3n) is 3.56. The first-order valence-electron chi connectivity index (χ1n) is 7.34. The lowest BCUT2D eigenvalue weighted by Crippen LogP contribution is -2.22. The van der Waals surface area contributed by atoms with Gasteiger partial charge in [-0.1, -0.05) is 24.3 Å². The highest BCUT2D eigenvalue weighted by atomic mass is 32.2. The number of benzene rings is 2. The number of aryl methyl sites for hydroxylation is 1. The Morgan fingerprint density at radius 2 is 1.78 bits per heavy atom. The average Bonchev–Trinajstić information content (AvgIpc) is 2.54. The molecule has 2 aromatic carbocycles. The highest BCUT2D eigenvalue weighted by Gasteiger charge is 2.14. The summed E-state index contributed by atoms with van der Waals surface area (Å²) in [6, 6.07) is 14.7. The standard InChI is InChI=1S/C18H20N2O2S/c1-12-5-3-4-6-15(12)11-23-13(2)18(22)20-16-9-7-14(8-10-16)17(19)21/h3-10,13H,11H2,1-2H3,(H2,19,21)(H,20,22). The van der Waals surface area contributed by atoms with E-state index >= 15 is 0 Å². The minimum atomic E-state index is -0.481. The molecule has 5 heteroatoms. The molecule has 1 unspecified atom stereocenters. The summed E-state index contributed by atoms with van der Waals surface area (Å²) in [5.41, 5.74) is 8.74. The average molecular weight is 328 g/mol. The van der Waals surface area contributed by atoms with Crippen molar-refractivity contribution in [3.05, 3.63) is 65.2 Å². The van der Waals surface area contributed by atoms with Gasteiger partial charge in [0.15, 0.2) is 0 Å². The van der Waals surface area contributed by atoms with Crippen molar-refractivity contribution in [3.8, 4) is 0 Å². The number of nitrogens with one attached hydrogen (secondary N) is 1. The third-order valence-corrected chi connectivity index (χ3v) is 4.75. The fourth-order valence-corrected chi connectivity index (χ4v) is 2.99. The SMILES string of the molecule is Cc1ccccc1CSC(C)C(=O)Nc1ccc(C(N)=O)cc1. The lowest BCUT2D eigenvalue weighted by Gasteiger charge is -2.13. The first kappa shape index (κ1) is 17.1. The summed E-state index contributed by atoms with van der Waals surface area (Å²) >= 11 is 1.59. The van der Waals surface area contributed by atoms with Gasteiger partial charge in [0.1, 0.15) is 0 Å². The van der Waals surface area contributed by atoms with Crippen LogP contribution in [0.5, 0.6) is 0 Å². The van der Waals surface area contributed by atoms with Crippen molar-refractivity contribution in [2.45, 2.75) is 24.9 Å². The Morgan fingerprint density at radius 3 is 2.39 bits per heavy atom. The summed E-state index contributed by atoms with van der Waals surface area (Å²) in [6.45, 7) is 3.96. The Balaban J connectivity index is 1.89. The maximum absolute atomic E-state index is 12.2. The Kier molecular flexibility index (Phi) is 5.82. The lowest BCUT2D eigenvalue weighted by atomic mass is 10.1. The number of anilines is 1. The maximum atomic E-state index is 12.2. The summed E-state index contributed by atoms with van der Waals surface area (Å²) in [7, 11) is 0. The van der Waals surface area contributed by atoms with Gasteiger partial charge in [0.05, 0.1) is 5.25 Å². The molecule has 0 aromatic heterocycles. The van der Waals surface area contributed by atoms with Gasteiger partial charge in [0, 0.05) is 17.0 Å². The molecule has 2 aromatic rings. The molecule has 23 heavy (non-hydrogen) atoms. The van der Waals surface area contributed by atoms with Crippen molar-refractivity contribution >= 4 is 29.3 Å². The fraction of sp³-hybridized carbons (Fsp3) is 0.222. The highest BCUT2D eigenvalue weighted by Crippen LogP contribution is 2.21. The summed E-state index contributed by atoms with van der Waals surface area (Å²) in [5, 5.41) is 2.67. The van der Waals surface area contributed by atoms with Gasteiger partial charge in [-0.3, -0.25) is 9.59 Å². The van der Waals surface area contributed by atoms with Crippen LogP contribution in [0.1, 0.15) is 28.4 Å². The minimum Gasteiger partial charge on any atom is -0.366 e. The van der Waals surface area contributed by atoms with Gasteiger partial charge < -0.3 is 11.1 Å². The van der Waals surface area contributed by atoms with E-state index in [1.165, 1.54) is 11.1 Å². The van der Waals surface area contributed by atoms with E-state index in [1.807, 2.05) is 19.1 Å². The van der Waals surface area contributed by atoms with Gasteiger partial charge in [0.25, 0.3) is 0 Å². The van der Waals surface area contributed by atoms with Crippen molar-refractivity contribution in [1.82, 2.24) is 0 Å². The number of rotatable bonds is 6. The second kappa shape index (κ2) is 7.83. The molecule has 0 heterocycles. The lowest BCUT2D eigenvalue weighted by molar-refractivity contribution is -0.115. The van der Waals surface area contributed by atoms with E-state index < -0.39 is 5.91 Å². The molecule has 2 rings (SSSR count). The van der Waals surface area contributed by atoms with E-state index in [1.54, 1.807) is 36.0 Å². The van der Waals surface area contributed by atoms with E-state index in [2.05, 4.69) is 24.4 Å². The molecule has 0 saturated heterocycles. The normalized spacial score (nSPS) is 11.7. The van der Waals surface area contributed by atoms with E-state index in [4.69, 9.17) is 5.73 Å².